The summed E-state index contributed by atoms with van der Waals surface area (Å²) in [7, 11) is -17.2. The van der Waals surface area contributed by atoms with E-state index >= 15 is 0 Å². The van der Waals surface area contributed by atoms with Gasteiger partial charge in [-0.05, 0) is 57.8 Å². The number of nitrogens with one attached hydrogen (secondary N) is 1. The highest BCUT2D eigenvalue weighted by Crippen LogP contribution is 2.19. The molecule has 1 amide bonds. The maximum Gasteiger partial charge on any atom is 0.397 e. The molecule has 3 atom stereocenters. The second kappa shape index (κ2) is 25.7. The number of amides is 1. The molecule has 0 aromatic rings. The molecule has 0 aliphatic heterocycles. The molecular weight excluding hydrogens is 755 g/mol. The lowest BCUT2D eigenvalue weighted by Crippen LogP contribution is -2.51. The van der Waals surface area contributed by atoms with Gasteiger partial charge < -0.3 is 24.3 Å². The molecule has 294 valence electrons. The predicted octanol–water partition coefficient (Wildman–Crippen LogP) is -0.307. The number of ether oxygens (including phenoxy) is 4. The average Bonchev–Trinajstić information content (AvgIpc) is 2.96. The molecule has 0 radical (unpaired) electrons. The van der Waals surface area contributed by atoms with Crippen LogP contribution < -0.4 is 5.32 Å². The second-order valence-electron chi connectivity index (χ2n) is 9.88. The molecule has 49 heavy (non-hydrogen) atoms. The highest BCUT2D eigenvalue weighted by atomic mass is 32.3. The molecule has 0 unspecified atom stereocenters. The molecule has 0 rings (SSSR count). The molecule has 0 saturated heterocycles. The number of likely N-dealkylation sites (N-methyl/N-ethyl adjacent to an activating group) is 1. The van der Waals surface area contributed by atoms with Gasteiger partial charge in [-0.3, -0.25) is 23.0 Å². The molecule has 26 heteroatoms. The molecule has 0 fully saturated rings. The number of rotatable bonds is 33. The summed E-state index contributed by atoms with van der Waals surface area (Å²) in [5.74, 6) is -0.635. The summed E-state index contributed by atoms with van der Waals surface area (Å²) in [6.45, 7) is -1.33. The van der Waals surface area contributed by atoms with Crippen LogP contribution in [0.15, 0.2) is 0 Å². The zero-order valence-electron chi connectivity index (χ0n) is 26.8. The van der Waals surface area contributed by atoms with Crippen molar-refractivity contribution in [2.45, 2.75) is 76.1 Å². The predicted molar refractivity (Wildman–Crippen MR) is 166 cm³/mol. The summed E-state index contributed by atoms with van der Waals surface area (Å²) in [5.41, 5.74) is 0. The molecule has 0 bridgehead atoms. The van der Waals surface area contributed by atoms with Crippen LogP contribution in [-0.2, 0) is 82.1 Å². The van der Waals surface area contributed by atoms with E-state index in [1.54, 1.807) is 0 Å². The van der Waals surface area contributed by atoms with Gasteiger partial charge in [-0.2, -0.15) is 33.7 Å². The Hall–Kier alpha value is -1.21. The molecule has 0 aliphatic carbocycles. The van der Waals surface area contributed by atoms with Gasteiger partial charge in [-0.25, -0.2) is 16.7 Å². The zero-order valence-corrected chi connectivity index (χ0v) is 30.1. The van der Waals surface area contributed by atoms with Crippen molar-refractivity contribution < 1.29 is 92.4 Å². The molecule has 22 nitrogen and oxygen atoms in total. The molecule has 0 saturated carbocycles. The van der Waals surface area contributed by atoms with Gasteiger partial charge in [0.25, 0.3) is 5.91 Å². The number of carbonyl (C=O) groups excluding carboxylic acids is 1. The highest BCUT2D eigenvalue weighted by Gasteiger charge is 2.36. The Kier molecular flexibility index (Phi) is 25.1. The Balaban J connectivity index is 5.68. The van der Waals surface area contributed by atoms with E-state index in [9.17, 15) is 38.5 Å². The Morgan fingerprint density at radius 3 is 1.24 bits per heavy atom. The van der Waals surface area contributed by atoms with Crippen molar-refractivity contribution >= 4 is 47.5 Å². The van der Waals surface area contributed by atoms with Gasteiger partial charge in [0.1, 0.15) is 6.10 Å². The van der Waals surface area contributed by atoms with Crippen molar-refractivity contribution in [3.63, 3.8) is 0 Å². The van der Waals surface area contributed by atoms with Crippen LogP contribution in [0.25, 0.3) is 0 Å². The van der Waals surface area contributed by atoms with E-state index < -0.39 is 65.8 Å². The minimum atomic E-state index is -4.65. The van der Waals surface area contributed by atoms with E-state index in [4.69, 9.17) is 37.2 Å². The van der Waals surface area contributed by atoms with Crippen molar-refractivity contribution in [2.24, 2.45) is 0 Å². The van der Waals surface area contributed by atoms with E-state index in [2.05, 4.69) is 22.0 Å². The molecular formula is C23H47NO21S4. The fourth-order valence-electron chi connectivity index (χ4n) is 3.74. The van der Waals surface area contributed by atoms with E-state index in [0.29, 0.717) is 6.42 Å². The smallest absolute Gasteiger partial charge is 0.381 e. The normalized spacial score (nSPS) is 14.8. The molecule has 5 N–H and O–H groups in total. The summed E-state index contributed by atoms with van der Waals surface area (Å²) >= 11 is 0. The Labute approximate surface area is 287 Å². The third-order valence-electron chi connectivity index (χ3n) is 5.88. The lowest BCUT2D eigenvalue weighted by Gasteiger charge is -2.33. The minimum Gasteiger partial charge on any atom is -0.381 e. The minimum absolute atomic E-state index is 0.0119. The first kappa shape index (κ1) is 47.8. The van der Waals surface area contributed by atoms with Crippen LogP contribution in [-0.4, -0.2) is 143 Å². The monoisotopic (exact) mass is 801 g/mol. The molecule has 0 spiro atoms. The summed E-state index contributed by atoms with van der Waals surface area (Å²) in [5, 5.41) is 2.45. The molecule has 0 heterocycles. The van der Waals surface area contributed by atoms with E-state index in [1.165, 1.54) is 7.05 Å². The number of unbranched alkanes of at least 4 members (excludes halogenated alkanes) is 4. The highest BCUT2D eigenvalue weighted by molar-refractivity contribution is 7.81. The first-order chi connectivity index (χ1) is 22.7. The number of hydrogen-bond acceptors (Lipinski definition) is 17. The third kappa shape index (κ3) is 31.3. The SMILES string of the molecule is CNC(=O)[C@H](OCCCCOS(=O)(=O)O)[C@@H](OCCCCOS(=O)(=O)O)[C@@H](CCOCCCCOS(=O)(=O)O)OCCCCOS(=O)(=O)O. The topological polar surface area (TPSA) is 320 Å². The van der Waals surface area contributed by atoms with E-state index in [1.807, 2.05) is 0 Å². The molecule has 0 aliphatic rings. The average molecular weight is 802 g/mol. The second-order valence-corrected chi connectivity index (χ2v) is 14.2. The lowest BCUT2D eigenvalue weighted by molar-refractivity contribution is -0.165. The summed E-state index contributed by atoms with van der Waals surface area (Å²) in [6, 6.07) is 0. The van der Waals surface area contributed by atoms with Crippen LogP contribution >= 0.6 is 0 Å². The first-order valence-corrected chi connectivity index (χ1v) is 20.3. The van der Waals surface area contributed by atoms with Crippen LogP contribution in [0.2, 0.25) is 0 Å². The van der Waals surface area contributed by atoms with Gasteiger partial charge in [-0.15, -0.1) is 0 Å². The first-order valence-electron chi connectivity index (χ1n) is 14.9. The van der Waals surface area contributed by atoms with Gasteiger partial charge in [0.15, 0.2) is 6.10 Å². The van der Waals surface area contributed by atoms with Gasteiger partial charge in [0, 0.05) is 40.1 Å². The fourth-order valence-corrected chi connectivity index (χ4v) is 5.05. The summed E-state index contributed by atoms with van der Waals surface area (Å²) in [6.07, 6.45) is -1.70. The quantitative estimate of drug-likeness (QED) is 0.0420. The Bertz CT molecular complexity index is 1320. The van der Waals surface area contributed by atoms with Crippen LogP contribution in [0.5, 0.6) is 0 Å². The lowest BCUT2D eigenvalue weighted by atomic mass is 10.0. The van der Waals surface area contributed by atoms with Gasteiger partial charge in [0.2, 0.25) is 0 Å². The van der Waals surface area contributed by atoms with Crippen LogP contribution in [0, 0.1) is 0 Å². The Morgan fingerprint density at radius 2 is 0.857 bits per heavy atom. The Morgan fingerprint density at radius 1 is 0.510 bits per heavy atom. The van der Waals surface area contributed by atoms with Crippen LogP contribution in [0.1, 0.15) is 57.8 Å². The van der Waals surface area contributed by atoms with E-state index in [0.717, 1.165) is 0 Å². The van der Waals surface area contributed by atoms with Gasteiger partial charge in [0.05, 0.1) is 32.5 Å². The zero-order chi connectivity index (χ0) is 37.4. The van der Waals surface area contributed by atoms with Crippen molar-refractivity contribution in [3.05, 3.63) is 0 Å². The van der Waals surface area contributed by atoms with Crippen molar-refractivity contribution in [2.75, 3.05) is 66.5 Å². The molecule has 0 aromatic heterocycles. The fraction of sp³-hybridized carbons (Fsp3) is 0.957. The van der Waals surface area contributed by atoms with Crippen LogP contribution in [0.3, 0.4) is 0 Å². The number of hydrogen-bond donors (Lipinski definition) is 5. The van der Waals surface area contributed by atoms with Gasteiger partial charge >= 0.3 is 41.6 Å². The largest absolute Gasteiger partial charge is 0.397 e. The summed E-state index contributed by atoms with van der Waals surface area (Å²) in [4.78, 5) is 13.0. The standard InChI is InChI=1S/C23H47NO21S4/c1-24-23(25)22(41-14-5-9-18-45-49(35,36)37)21(40-13-4-8-17-44-48(32,33)34)20(39-12-3-7-16-43-47(29,30)31)10-19-38-11-2-6-15-42-46(26,27)28/h20-22H,2-19H2,1H3,(H,24,25)(H,26,27,28)(H,29,30,31)(H,32,33,34)(H,35,36,37)/t20-,21+,22-/m1/s1. The summed E-state index contributed by atoms with van der Waals surface area (Å²) < 4.78 is 161. The number of carbonyl (C=O) groups is 1. The van der Waals surface area contributed by atoms with Crippen LogP contribution in [0.4, 0.5) is 0 Å². The molecule has 0 aromatic carbocycles. The van der Waals surface area contributed by atoms with Gasteiger partial charge in [-0.1, -0.05) is 0 Å². The van der Waals surface area contributed by atoms with E-state index in [-0.39, 0.29) is 111 Å². The van der Waals surface area contributed by atoms with Crippen molar-refractivity contribution in [3.8, 4) is 0 Å². The third-order valence-corrected chi connectivity index (χ3v) is 7.74. The maximum atomic E-state index is 13.0. The van der Waals surface area contributed by atoms with Crippen molar-refractivity contribution in [1.82, 2.24) is 5.32 Å². The maximum absolute atomic E-state index is 13.0. The van der Waals surface area contributed by atoms with Crippen molar-refractivity contribution in [1.29, 1.82) is 0 Å².